The van der Waals surface area contributed by atoms with Crippen LogP contribution >= 0.6 is 0 Å². The zero-order valence-electron chi connectivity index (χ0n) is 10.9. The Bertz CT molecular complexity index is 659. The topological polar surface area (TPSA) is 35.5 Å². The lowest BCUT2D eigenvalue weighted by atomic mass is 9.97. The minimum absolute atomic E-state index is 0.0100. The summed E-state index contributed by atoms with van der Waals surface area (Å²) < 4.78 is 10.5. The van der Waals surface area contributed by atoms with Crippen molar-refractivity contribution in [1.82, 2.24) is 0 Å². The van der Waals surface area contributed by atoms with E-state index in [2.05, 4.69) is 0 Å². The fraction of sp³-hybridized carbons (Fsp3) is 0.188. The second kappa shape index (κ2) is 4.43. The van der Waals surface area contributed by atoms with Gasteiger partial charge in [0.05, 0.1) is 0 Å². The molecule has 0 atom stereocenters. The van der Waals surface area contributed by atoms with Crippen molar-refractivity contribution in [3.63, 3.8) is 0 Å². The molecule has 2 aromatic carbocycles. The average molecular weight is 254 g/mol. The van der Waals surface area contributed by atoms with E-state index in [1.54, 1.807) is 18.2 Å². The van der Waals surface area contributed by atoms with Gasteiger partial charge in [-0.3, -0.25) is 4.79 Å². The van der Waals surface area contributed by atoms with E-state index in [4.69, 9.17) is 9.47 Å². The molecule has 0 bridgehead atoms. The van der Waals surface area contributed by atoms with Gasteiger partial charge in [-0.15, -0.1) is 0 Å². The van der Waals surface area contributed by atoms with E-state index in [1.165, 1.54) is 0 Å². The molecule has 0 unspecified atom stereocenters. The van der Waals surface area contributed by atoms with Gasteiger partial charge in [-0.05, 0) is 37.6 Å². The molecule has 0 fully saturated rings. The van der Waals surface area contributed by atoms with Crippen LogP contribution in [0.2, 0.25) is 0 Å². The monoisotopic (exact) mass is 254 g/mol. The molecule has 0 aliphatic carbocycles. The van der Waals surface area contributed by atoms with Crippen LogP contribution in [-0.4, -0.2) is 12.6 Å². The van der Waals surface area contributed by atoms with Crippen molar-refractivity contribution in [2.45, 2.75) is 13.8 Å². The van der Waals surface area contributed by atoms with Crippen LogP contribution < -0.4 is 9.47 Å². The van der Waals surface area contributed by atoms with Crippen LogP contribution in [0, 0.1) is 13.8 Å². The first kappa shape index (κ1) is 11.8. The fourth-order valence-electron chi connectivity index (χ4n) is 2.26. The SMILES string of the molecule is Cc1ccc(C(=O)c2ccc3c(c2)OCO3)c(C)c1. The number of aryl methyl sites for hydroxylation is 2. The van der Waals surface area contributed by atoms with E-state index in [-0.39, 0.29) is 12.6 Å². The molecule has 3 rings (SSSR count). The standard InChI is InChI=1S/C16H14O3/c1-10-3-5-13(11(2)7-10)16(17)12-4-6-14-15(8-12)19-9-18-14/h3-8H,9H2,1-2H3. The largest absolute Gasteiger partial charge is 0.454 e. The maximum Gasteiger partial charge on any atom is 0.231 e. The first-order valence-corrected chi connectivity index (χ1v) is 6.17. The summed E-state index contributed by atoms with van der Waals surface area (Å²) in [6, 6.07) is 11.1. The maximum atomic E-state index is 12.5. The number of ketones is 1. The zero-order chi connectivity index (χ0) is 13.4. The molecule has 0 radical (unpaired) electrons. The molecule has 0 spiro atoms. The van der Waals surface area contributed by atoms with Crippen molar-refractivity contribution < 1.29 is 14.3 Å². The van der Waals surface area contributed by atoms with Gasteiger partial charge in [-0.25, -0.2) is 0 Å². The van der Waals surface area contributed by atoms with Gasteiger partial charge < -0.3 is 9.47 Å². The van der Waals surface area contributed by atoms with Gasteiger partial charge in [-0.2, -0.15) is 0 Å². The Labute approximate surface area is 111 Å². The first-order chi connectivity index (χ1) is 9.15. The number of hydrogen-bond acceptors (Lipinski definition) is 3. The molecule has 1 aliphatic heterocycles. The Morgan fingerprint density at radius 3 is 2.58 bits per heavy atom. The Morgan fingerprint density at radius 1 is 1.00 bits per heavy atom. The summed E-state index contributed by atoms with van der Waals surface area (Å²) in [4.78, 5) is 12.5. The molecule has 0 amide bonds. The van der Waals surface area contributed by atoms with E-state index in [9.17, 15) is 4.79 Å². The minimum Gasteiger partial charge on any atom is -0.454 e. The number of benzene rings is 2. The number of ether oxygens (including phenoxy) is 2. The summed E-state index contributed by atoms with van der Waals surface area (Å²) in [5.74, 6) is 1.34. The van der Waals surface area contributed by atoms with Gasteiger partial charge in [0, 0.05) is 11.1 Å². The maximum absolute atomic E-state index is 12.5. The van der Waals surface area contributed by atoms with Gasteiger partial charge in [0.15, 0.2) is 17.3 Å². The van der Waals surface area contributed by atoms with Crippen LogP contribution in [0.25, 0.3) is 0 Å². The van der Waals surface area contributed by atoms with E-state index < -0.39 is 0 Å². The predicted octanol–water partition coefficient (Wildman–Crippen LogP) is 3.26. The van der Waals surface area contributed by atoms with Crippen molar-refractivity contribution in [1.29, 1.82) is 0 Å². The molecule has 0 saturated heterocycles. The Hall–Kier alpha value is -2.29. The smallest absolute Gasteiger partial charge is 0.231 e. The lowest BCUT2D eigenvalue weighted by molar-refractivity contribution is 0.103. The highest BCUT2D eigenvalue weighted by Crippen LogP contribution is 2.33. The Balaban J connectivity index is 2.00. The van der Waals surface area contributed by atoms with Gasteiger partial charge in [-0.1, -0.05) is 23.8 Å². The number of fused-ring (bicyclic) bond motifs is 1. The number of rotatable bonds is 2. The van der Waals surface area contributed by atoms with Crippen molar-refractivity contribution >= 4 is 5.78 Å². The second-order valence-electron chi connectivity index (χ2n) is 4.72. The Morgan fingerprint density at radius 2 is 1.79 bits per heavy atom. The van der Waals surface area contributed by atoms with E-state index in [0.29, 0.717) is 17.1 Å². The number of carbonyl (C=O) groups excluding carboxylic acids is 1. The predicted molar refractivity (Wildman–Crippen MR) is 71.9 cm³/mol. The quantitative estimate of drug-likeness (QED) is 0.772. The van der Waals surface area contributed by atoms with Crippen molar-refractivity contribution in [2.75, 3.05) is 6.79 Å². The van der Waals surface area contributed by atoms with E-state index >= 15 is 0 Å². The van der Waals surface area contributed by atoms with Crippen LogP contribution in [0.15, 0.2) is 36.4 Å². The molecule has 1 aliphatic rings. The molecule has 2 aromatic rings. The summed E-state index contributed by atoms with van der Waals surface area (Å²) in [7, 11) is 0. The molecule has 0 N–H and O–H groups in total. The molecule has 3 nitrogen and oxygen atoms in total. The third-order valence-corrected chi connectivity index (χ3v) is 3.26. The van der Waals surface area contributed by atoms with Crippen molar-refractivity contribution in [2.24, 2.45) is 0 Å². The van der Waals surface area contributed by atoms with Crippen LogP contribution in [0.5, 0.6) is 11.5 Å². The van der Waals surface area contributed by atoms with Gasteiger partial charge in [0.25, 0.3) is 0 Å². The van der Waals surface area contributed by atoms with Gasteiger partial charge >= 0.3 is 0 Å². The fourth-order valence-corrected chi connectivity index (χ4v) is 2.26. The lowest BCUT2D eigenvalue weighted by Gasteiger charge is -2.07. The van der Waals surface area contributed by atoms with Crippen LogP contribution in [0.4, 0.5) is 0 Å². The summed E-state index contributed by atoms with van der Waals surface area (Å²) in [6.07, 6.45) is 0. The van der Waals surface area contributed by atoms with Crippen molar-refractivity contribution in [3.8, 4) is 11.5 Å². The summed E-state index contributed by atoms with van der Waals surface area (Å²) >= 11 is 0. The summed E-state index contributed by atoms with van der Waals surface area (Å²) in [6.45, 7) is 4.19. The van der Waals surface area contributed by atoms with Gasteiger partial charge in [0.1, 0.15) is 0 Å². The number of hydrogen-bond donors (Lipinski definition) is 0. The summed E-state index contributed by atoms with van der Waals surface area (Å²) in [5.41, 5.74) is 3.49. The number of carbonyl (C=O) groups is 1. The van der Waals surface area contributed by atoms with Crippen LogP contribution in [-0.2, 0) is 0 Å². The van der Waals surface area contributed by atoms with Crippen LogP contribution in [0.1, 0.15) is 27.0 Å². The third-order valence-electron chi connectivity index (χ3n) is 3.26. The van der Waals surface area contributed by atoms with Crippen molar-refractivity contribution in [3.05, 3.63) is 58.7 Å². The molecule has 3 heteroatoms. The normalized spacial score (nSPS) is 12.5. The zero-order valence-corrected chi connectivity index (χ0v) is 10.9. The highest BCUT2D eigenvalue weighted by Gasteiger charge is 2.18. The summed E-state index contributed by atoms with van der Waals surface area (Å²) in [5, 5.41) is 0. The average Bonchev–Trinajstić information content (AvgIpc) is 2.85. The molecule has 96 valence electrons. The highest BCUT2D eigenvalue weighted by atomic mass is 16.7. The first-order valence-electron chi connectivity index (χ1n) is 6.17. The highest BCUT2D eigenvalue weighted by molar-refractivity contribution is 6.10. The molecule has 0 aromatic heterocycles. The van der Waals surface area contributed by atoms with E-state index in [1.807, 2.05) is 32.0 Å². The Kier molecular flexibility index (Phi) is 2.75. The van der Waals surface area contributed by atoms with E-state index in [0.717, 1.165) is 16.7 Å². The molecule has 19 heavy (non-hydrogen) atoms. The molecule has 0 saturated carbocycles. The van der Waals surface area contributed by atoms with Gasteiger partial charge in [0.2, 0.25) is 6.79 Å². The van der Waals surface area contributed by atoms with Crippen LogP contribution in [0.3, 0.4) is 0 Å². The molecular weight excluding hydrogens is 240 g/mol. The minimum atomic E-state index is 0.0100. The third kappa shape index (κ3) is 2.08. The molecular formula is C16H14O3. The molecule has 1 heterocycles. The lowest BCUT2D eigenvalue weighted by Crippen LogP contribution is -2.03. The second-order valence-corrected chi connectivity index (χ2v) is 4.72.